The van der Waals surface area contributed by atoms with Crippen LogP contribution in [0.2, 0.25) is 0 Å². The molecule has 1 N–H and O–H groups in total. The van der Waals surface area contributed by atoms with Crippen molar-refractivity contribution in [3.63, 3.8) is 0 Å². The summed E-state index contributed by atoms with van der Waals surface area (Å²) in [5, 5.41) is 11.8. The van der Waals surface area contributed by atoms with Crippen molar-refractivity contribution >= 4 is 34.7 Å². The molecular formula is C12H8N2O2S2. The number of thiophene rings is 1. The summed E-state index contributed by atoms with van der Waals surface area (Å²) in [7, 11) is 0. The zero-order chi connectivity index (χ0) is 12.5. The quantitative estimate of drug-likeness (QED) is 0.798. The van der Waals surface area contributed by atoms with Crippen LogP contribution >= 0.6 is 23.1 Å². The van der Waals surface area contributed by atoms with Gasteiger partial charge in [0, 0.05) is 6.20 Å². The number of hydrogen-bond acceptors (Lipinski definition) is 4. The molecule has 0 aliphatic heterocycles. The van der Waals surface area contributed by atoms with Gasteiger partial charge in [0.1, 0.15) is 10.7 Å². The van der Waals surface area contributed by atoms with Gasteiger partial charge in [0.2, 0.25) is 0 Å². The number of carboxylic acid groups (broad SMARTS) is 1. The van der Waals surface area contributed by atoms with E-state index in [1.807, 2.05) is 23.6 Å². The monoisotopic (exact) mass is 276 g/mol. The molecular weight excluding hydrogens is 268 g/mol. The normalized spacial score (nSPS) is 10.9. The van der Waals surface area contributed by atoms with Gasteiger partial charge < -0.3 is 5.11 Å². The van der Waals surface area contributed by atoms with Gasteiger partial charge in [-0.25, -0.2) is 9.78 Å². The summed E-state index contributed by atoms with van der Waals surface area (Å²) < 4.78 is 2.62. The number of fused-ring (bicyclic) bond motifs is 1. The van der Waals surface area contributed by atoms with Gasteiger partial charge in [-0.2, -0.15) is 0 Å². The Balaban J connectivity index is 2.16. The number of nitrogens with zero attached hydrogens (tertiary/aromatic N) is 2. The molecule has 0 atom stereocenters. The Bertz CT molecular complexity index is 704. The van der Waals surface area contributed by atoms with Gasteiger partial charge in [-0.3, -0.25) is 4.40 Å². The van der Waals surface area contributed by atoms with Gasteiger partial charge >= 0.3 is 5.97 Å². The average molecular weight is 276 g/mol. The minimum atomic E-state index is -0.965. The second-order valence-electron chi connectivity index (χ2n) is 3.53. The van der Waals surface area contributed by atoms with Crippen LogP contribution in [-0.4, -0.2) is 20.5 Å². The largest absolute Gasteiger partial charge is 0.476 e. The van der Waals surface area contributed by atoms with Crippen LogP contribution in [0.4, 0.5) is 0 Å². The maximum Gasteiger partial charge on any atom is 0.355 e. The molecule has 0 aliphatic carbocycles. The number of aromatic nitrogens is 2. The Morgan fingerprint density at radius 3 is 2.94 bits per heavy atom. The predicted octanol–water partition coefficient (Wildman–Crippen LogP) is 3.25. The smallest absolute Gasteiger partial charge is 0.355 e. The molecule has 0 unspecified atom stereocenters. The number of pyridine rings is 1. The van der Waals surface area contributed by atoms with E-state index in [-0.39, 0.29) is 5.69 Å². The van der Waals surface area contributed by atoms with Crippen LogP contribution in [0.3, 0.4) is 0 Å². The lowest BCUT2D eigenvalue weighted by Gasteiger charge is -1.97. The van der Waals surface area contributed by atoms with E-state index in [2.05, 4.69) is 4.98 Å². The highest BCUT2D eigenvalue weighted by Gasteiger charge is 2.19. The van der Waals surface area contributed by atoms with E-state index in [4.69, 9.17) is 0 Å². The Morgan fingerprint density at radius 1 is 1.33 bits per heavy atom. The van der Waals surface area contributed by atoms with E-state index in [0.717, 1.165) is 4.21 Å². The zero-order valence-electron chi connectivity index (χ0n) is 9.11. The number of carboxylic acids is 1. The van der Waals surface area contributed by atoms with Crippen LogP contribution in [0.15, 0.2) is 51.1 Å². The summed E-state index contributed by atoms with van der Waals surface area (Å²) in [4.78, 5) is 15.7. The van der Waals surface area contributed by atoms with Gasteiger partial charge in [0.05, 0.1) is 4.21 Å². The lowest BCUT2D eigenvalue weighted by Crippen LogP contribution is -2.02. The fourth-order valence-electron chi connectivity index (χ4n) is 1.66. The van der Waals surface area contributed by atoms with E-state index >= 15 is 0 Å². The highest BCUT2D eigenvalue weighted by atomic mass is 32.2. The zero-order valence-corrected chi connectivity index (χ0v) is 10.7. The number of aromatic carboxylic acids is 1. The minimum Gasteiger partial charge on any atom is -0.476 e. The molecule has 0 aromatic carbocycles. The van der Waals surface area contributed by atoms with Gasteiger partial charge in [0.25, 0.3) is 0 Å². The standard InChI is InChI=1S/C12H8N2O2S2/c15-12(16)10-11(18-9-5-3-7-17-9)13-8-4-1-2-6-14(8)10/h1-7H,(H,15,16). The van der Waals surface area contributed by atoms with Gasteiger partial charge in [-0.05, 0) is 23.6 Å². The molecule has 0 saturated heterocycles. The third-order valence-electron chi connectivity index (χ3n) is 2.39. The van der Waals surface area contributed by atoms with Crippen LogP contribution in [0, 0.1) is 0 Å². The first kappa shape index (κ1) is 11.3. The van der Waals surface area contributed by atoms with E-state index in [1.54, 1.807) is 34.1 Å². The molecule has 18 heavy (non-hydrogen) atoms. The molecule has 4 nitrogen and oxygen atoms in total. The van der Waals surface area contributed by atoms with E-state index in [9.17, 15) is 9.90 Å². The van der Waals surface area contributed by atoms with Crippen molar-refractivity contribution in [3.8, 4) is 0 Å². The van der Waals surface area contributed by atoms with Crippen LogP contribution in [0.5, 0.6) is 0 Å². The fraction of sp³-hybridized carbons (Fsp3) is 0. The third kappa shape index (κ3) is 1.89. The predicted molar refractivity (Wildman–Crippen MR) is 70.6 cm³/mol. The first-order valence-electron chi connectivity index (χ1n) is 5.17. The first-order chi connectivity index (χ1) is 8.75. The molecule has 0 spiro atoms. The Morgan fingerprint density at radius 2 is 2.22 bits per heavy atom. The maximum absolute atomic E-state index is 11.4. The van der Waals surface area contributed by atoms with E-state index < -0.39 is 5.97 Å². The fourth-order valence-corrected chi connectivity index (χ4v) is 3.46. The Kier molecular flexibility index (Phi) is 2.81. The van der Waals surface area contributed by atoms with E-state index in [1.165, 1.54) is 11.8 Å². The summed E-state index contributed by atoms with van der Waals surface area (Å²) in [5.74, 6) is -0.965. The number of imidazole rings is 1. The first-order valence-corrected chi connectivity index (χ1v) is 6.87. The summed E-state index contributed by atoms with van der Waals surface area (Å²) in [6, 6.07) is 9.31. The molecule has 0 radical (unpaired) electrons. The topological polar surface area (TPSA) is 54.6 Å². The van der Waals surface area contributed by atoms with Crippen molar-refractivity contribution in [3.05, 3.63) is 47.6 Å². The molecule has 6 heteroatoms. The summed E-state index contributed by atoms with van der Waals surface area (Å²) in [5.41, 5.74) is 0.859. The molecule has 3 heterocycles. The lowest BCUT2D eigenvalue weighted by atomic mass is 10.4. The van der Waals surface area contributed by atoms with Gasteiger partial charge in [-0.1, -0.05) is 23.9 Å². The van der Waals surface area contributed by atoms with Crippen LogP contribution in [0.1, 0.15) is 10.5 Å². The van der Waals surface area contributed by atoms with Crippen LogP contribution in [0.25, 0.3) is 5.65 Å². The summed E-state index contributed by atoms with van der Waals surface area (Å²) in [6.07, 6.45) is 1.71. The van der Waals surface area contributed by atoms with Crippen molar-refractivity contribution in [1.82, 2.24) is 9.38 Å². The molecule has 0 saturated carbocycles. The molecule has 3 aromatic rings. The summed E-state index contributed by atoms with van der Waals surface area (Å²) in [6.45, 7) is 0. The van der Waals surface area contributed by atoms with E-state index in [0.29, 0.717) is 10.7 Å². The average Bonchev–Trinajstić information content (AvgIpc) is 2.95. The molecule has 0 fully saturated rings. The van der Waals surface area contributed by atoms with Crippen molar-refractivity contribution < 1.29 is 9.90 Å². The molecule has 90 valence electrons. The lowest BCUT2D eigenvalue weighted by molar-refractivity contribution is 0.0685. The Labute approximate surface area is 111 Å². The second-order valence-corrected chi connectivity index (χ2v) is 5.77. The van der Waals surface area contributed by atoms with Crippen LogP contribution in [-0.2, 0) is 0 Å². The second kappa shape index (κ2) is 4.47. The van der Waals surface area contributed by atoms with Gasteiger partial charge in [0.15, 0.2) is 5.69 Å². The number of hydrogen-bond donors (Lipinski definition) is 1. The highest BCUT2D eigenvalue weighted by Crippen LogP contribution is 2.33. The number of rotatable bonds is 3. The molecule has 0 amide bonds. The third-order valence-corrected chi connectivity index (χ3v) is 4.41. The molecule has 0 aliphatic rings. The molecule has 3 aromatic heterocycles. The van der Waals surface area contributed by atoms with Crippen molar-refractivity contribution in [2.45, 2.75) is 9.24 Å². The van der Waals surface area contributed by atoms with Crippen LogP contribution < -0.4 is 0 Å². The highest BCUT2D eigenvalue weighted by molar-refractivity contribution is 8.01. The van der Waals surface area contributed by atoms with Gasteiger partial charge in [-0.15, -0.1) is 11.3 Å². The van der Waals surface area contributed by atoms with Crippen molar-refractivity contribution in [2.75, 3.05) is 0 Å². The SMILES string of the molecule is O=C(O)c1c(Sc2cccs2)nc2ccccn12. The minimum absolute atomic E-state index is 0.212. The molecule has 0 bridgehead atoms. The van der Waals surface area contributed by atoms with Crippen molar-refractivity contribution in [1.29, 1.82) is 0 Å². The van der Waals surface area contributed by atoms with Crippen molar-refractivity contribution in [2.24, 2.45) is 0 Å². The molecule has 3 rings (SSSR count). The Hall–Kier alpha value is -1.79. The maximum atomic E-state index is 11.4. The summed E-state index contributed by atoms with van der Waals surface area (Å²) >= 11 is 2.95. The number of carbonyl (C=O) groups is 1.